The van der Waals surface area contributed by atoms with Gasteiger partial charge in [0, 0.05) is 43.5 Å². The van der Waals surface area contributed by atoms with Crippen LogP contribution >= 0.6 is 0 Å². The molecule has 2 N–H and O–H groups in total. The standard InChI is InChI=1S/C18H23N3O/c1-13-8-17(18(22)20-11-16-9-19-10-16)14(2)21(13)12-15-6-4-3-5-7-15/h3-8,16,19H,9-12H2,1-2H3,(H,20,22). The van der Waals surface area contributed by atoms with Crippen LogP contribution in [0, 0.1) is 19.8 Å². The molecule has 4 nitrogen and oxygen atoms in total. The first-order valence-electron chi connectivity index (χ1n) is 7.84. The molecule has 0 bridgehead atoms. The molecule has 1 fully saturated rings. The number of aromatic nitrogens is 1. The van der Waals surface area contributed by atoms with Crippen molar-refractivity contribution in [3.8, 4) is 0 Å². The van der Waals surface area contributed by atoms with E-state index in [1.165, 1.54) is 5.56 Å². The molecule has 0 aliphatic carbocycles. The van der Waals surface area contributed by atoms with Crippen LogP contribution in [-0.2, 0) is 6.54 Å². The molecule has 2 heterocycles. The highest BCUT2D eigenvalue weighted by molar-refractivity contribution is 5.95. The zero-order chi connectivity index (χ0) is 15.5. The highest BCUT2D eigenvalue weighted by atomic mass is 16.1. The molecule has 1 aliphatic heterocycles. The molecule has 1 amide bonds. The van der Waals surface area contributed by atoms with Gasteiger partial charge in [0.25, 0.3) is 5.91 Å². The van der Waals surface area contributed by atoms with Gasteiger partial charge in [-0.1, -0.05) is 30.3 Å². The first-order chi connectivity index (χ1) is 10.6. The van der Waals surface area contributed by atoms with Crippen LogP contribution in [0.25, 0.3) is 0 Å². The Balaban J connectivity index is 1.72. The van der Waals surface area contributed by atoms with E-state index in [1.807, 2.05) is 31.2 Å². The summed E-state index contributed by atoms with van der Waals surface area (Å²) in [5.41, 5.74) is 4.19. The lowest BCUT2D eigenvalue weighted by Crippen LogP contribution is -2.48. The Morgan fingerprint density at radius 1 is 1.27 bits per heavy atom. The van der Waals surface area contributed by atoms with E-state index in [1.54, 1.807) is 0 Å². The van der Waals surface area contributed by atoms with Crippen molar-refractivity contribution < 1.29 is 4.79 Å². The second kappa shape index (κ2) is 6.36. The number of rotatable bonds is 5. The smallest absolute Gasteiger partial charge is 0.253 e. The summed E-state index contributed by atoms with van der Waals surface area (Å²) in [6.07, 6.45) is 0. The number of benzene rings is 1. The number of nitrogens with one attached hydrogen (secondary N) is 2. The zero-order valence-corrected chi connectivity index (χ0v) is 13.2. The van der Waals surface area contributed by atoms with Gasteiger partial charge < -0.3 is 15.2 Å². The van der Waals surface area contributed by atoms with E-state index in [9.17, 15) is 4.79 Å². The van der Waals surface area contributed by atoms with Crippen LogP contribution in [0.2, 0.25) is 0 Å². The van der Waals surface area contributed by atoms with Crippen molar-refractivity contribution in [2.45, 2.75) is 20.4 Å². The van der Waals surface area contributed by atoms with Gasteiger partial charge in [-0.05, 0) is 25.5 Å². The summed E-state index contributed by atoms with van der Waals surface area (Å²) in [4.78, 5) is 12.4. The third-order valence-corrected chi connectivity index (χ3v) is 4.42. The van der Waals surface area contributed by atoms with Gasteiger partial charge in [0.15, 0.2) is 0 Å². The lowest BCUT2D eigenvalue weighted by molar-refractivity contribution is 0.0941. The summed E-state index contributed by atoms with van der Waals surface area (Å²) in [7, 11) is 0. The minimum atomic E-state index is 0.0410. The normalized spacial score (nSPS) is 14.6. The lowest BCUT2D eigenvalue weighted by atomic mass is 10.0. The highest BCUT2D eigenvalue weighted by Crippen LogP contribution is 2.17. The molecule has 0 spiro atoms. The Labute approximate surface area is 131 Å². The van der Waals surface area contributed by atoms with Crippen LogP contribution in [0.3, 0.4) is 0 Å². The minimum absolute atomic E-state index is 0.0410. The number of amides is 1. The molecule has 0 saturated carbocycles. The van der Waals surface area contributed by atoms with Gasteiger partial charge in [-0.25, -0.2) is 0 Å². The second-order valence-electron chi connectivity index (χ2n) is 6.09. The second-order valence-corrected chi connectivity index (χ2v) is 6.09. The Bertz CT molecular complexity index is 656. The molecule has 22 heavy (non-hydrogen) atoms. The maximum absolute atomic E-state index is 12.4. The van der Waals surface area contributed by atoms with Gasteiger partial charge in [-0.15, -0.1) is 0 Å². The summed E-state index contributed by atoms with van der Waals surface area (Å²) < 4.78 is 2.20. The van der Waals surface area contributed by atoms with E-state index in [4.69, 9.17) is 0 Å². The number of carbonyl (C=O) groups is 1. The summed E-state index contributed by atoms with van der Waals surface area (Å²) in [6, 6.07) is 12.3. The molecule has 1 saturated heterocycles. The first kappa shape index (κ1) is 14.9. The average Bonchev–Trinajstić information content (AvgIpc) is 2.75. The fourth-order valence-electron chi connectivity index (χ4n) is 2.87. The average molecular weight is 297 g/mol. The Kier molecular flexibility index (Phi) is 4.29. The quantitative estimate of drug-likeness (QED) is 0.888. The van der Waals surface area contributed by atoms with E-state index in [0.29, 0.717) is 5.92 Å². The van der Waals surface area contributed by atoms with E-state index in [2.05, 4.69) is 34.3 Å². The highest BCUT2D eigenvalue weighted by Gasteiger charge is 2.20. The largest absolute Gasteiger partial charge is 0.352 e. The van der Waals surface area contributed by atoms with Crippen molar-refractivity contribution in [3.63, 3.8) is 0 Å². The molecule has 0 unspecified atom stereocenters. The number of hydrogen-bond acceptors (Lipinski definition) is 2. The monoisotopic (exact) mass is 297 g/mol. The van der Waals surface area contributed by atoms with E-state index in [0.717, 1.165) is 43.1 Å². The molecule has 116 valence electrons. The Hall–Kier alpha value is -2.07. The number of aryl methyl sites for hydroxylation is 1. The molecular weight excluding hydrogens is 274 g/mol. The molecule has 2 aromatic rings. The van der Waals surface area contributed by atoms with Crippen molar-refractivity contribution in [2.75, 3.05) is 19.6 Å². The Morgan fingerprint density at radius 2 is 2.00 bits per heavy atom. The molecule has 1 aromatic heterocycles. The fourth-order valence-corrected chi connectivity index (χ4v) is 2.87. The summed E-state index contributed by atoms with van der Waals surface area (Å²) in [6.45, 7) is 7.66. The van der Waals surface area contributed by atoms with Crippen LogP contribution in [-0.4, -0.2) is 30.1 Å². The van der Waals surface area contributed by atoms with Crippen molar-refractivity contribution in [1.29, 1.82) is 0 Å². The molecule has 1 aliphatic rings. The fraction of sp³-hybridized carbons (Fsp3) is 0.389. The summed E-state index contributed by atoms with van der Waals surface area (Å²) >= 11 is 0. The maximum Gasteiger partial charge on any atom is 0.253 e. The third-order valence-electron chi connectivity index (χ3n) is 4.42. The number of hydrogen-bond donors (Lipinski definition) is 2. The van der Waals surface area contributed by atoms with E-state index >= 15 is 0 Å². The van der Waals surface area contributed by atoms with Gasteiger partial charge in [0.1, 0.15) is 0 Å². The van der Waals surface area contributed by atoms with Gasteiger partial charge in [0.2, 0.25) is 0 Å². The van der Waals surface area contributed by atoms with Crippen molar-refractivity contribution in [3.05, 3.63) is 58.9 Å². The topological polar surface area (TPSA) is 46.1 Å². The van der Waals surface area contributed by atoms with Crippen LogP contribution < -0.4 is 10.6 Å². The molecule has 4 heteroatoms. The summed E-state index contributed by atoms with van der Waals surface area (Å²) in [5.74, 6) is 0.621. The van der Waals surface area contributed by atoms with Gasteiger partial charge in [-0.2, -0.15) is 0 Å². The van der Waals surface area contributed by atoms with Crippen LogP contribution in [0.5, 0.6) is 0 Å². The zero-order valence-electron chi connectivity index (χ0n) is 13.2. The van der Waals surface area contributed by atoms with Crippen molar-refractivity contribution in [2.24, 2.45) is 5.92 Å². The SMILES string of the molecule is Cc1cc(C(=O)NCC2CNC2)c(C)n1Cc1ccccc1. The third kappa shape index (κ3) is 3.07. The van der Waals surface area contributed by atoms with Crippen LogP contribution in [0.15, 0.2) is 36.4 Å². The first-order valence-corrected chi connectivity index (χ1v) is 7.84. The van der Waals surface area contributed by atoms with Crippen LogP contribution in [0.4, 0.5) is 0 Å². The molecule has 1 aromatic carbocycles. The van der Waals surface area contributed by atoms with Gasteiger partial charge in [0.05, 0.1) is 5.56 Å². The van der Waals surface area contributed by atoms with Crippen LogP contribution in [0.1, 0.15) is 27.3 Å². The maximum atomic E-state index is 12.4. The summed E-state index contributed by atoms with van der Waals surface area (Å²) in [5, 5.41) is 6.28. The van der Waals surface area contributed by atoms with Gasteiger partial charge >= 0.3 is 0 Å². The van der Waals surface area contributed by atoms with Crippen molar-refractivity contribution in [1.82, 2.24) is 15.2 Å². The van der Waals surface area contributed by atoms with E-state index in [-0.39, 0.29) is 5.91 Å². The molecule has 3 rings (SSSR count). The molecular formula is C18H23N3O. The van der Waals surface area contributed by atoms with E-state index < -0.39 is 0 Å². The minimum Gasteiger partial charge on any atom is -0.352 e. The molecule has 0 radical (unpaired) electrons. The number of carbonyl (C=O) groups excluding carboxylic acids is 1. The lowest BCUT2D eigenvalue weighted by Gasteiger charge is -2.27. The van der Waals surface area contributed by atoms with Crippen molar-refractivity contribution >= 4 is 5.91 Å². The van der Waals surface area contributed by atoms with Gasteiger partial charge in [-0.3, -0.25) is 4.79 Å². The predicted octanol–water partition coefficient (Wildman–Crippen LogP) is 2.10. The number of nitrogens with zero attached hydrogens (tertiary/aromatic N) is 1. The Morgan fingerprint density at radius 3 is 2.64 bits per heavy atom. The predicted molar refractivity (Wildman–Crippen MR) is 88.1 cm³/mol. The molecule has 0 atom stereocenters.